The van der Waals surface area contributed by atoms with Gasteiger partial charge in [-0.05, 0) is 37.1 Å². The second kappa shape index (κ2) is 5.51. The fraction of sp³-hybridized carbons (Fsp3) is 0.417. The molecule has 1 rings (SSSR count). The summed E-state index contributed by atoms with van der Waals surface area (Å²) >= 11 is 0. The van der Waals surface area contributed by atoms with Gasteiger partial charge in [-0.15, -0.1) is 0 Å². The highest BCUT2D eigenvalue weighted by Gasteiger charge is 2.11. The quantitative estimate of drug-likeness (QED) is 0.667. The van der Waals surface area contributed by atoms with Crippen LogP contribution in [0.5, 0.6) is 0 Å². The number of aryl methyl sites for hydroxylation is 1. The molecule has 16 heavy (non-hydrogen) atoms. The summed E-state index contributed by atoms with van der Waals surface area (Å²) in [5, 5.41) is 11.7. The van der Waals surface area contributed by atoms with Crippen LogP contribution in [0.1, 0.15) is 29.3 Å². The van der Waals surface area contributed by atoms with E-state index in [-0.39, 0.29) is 18.6 Å². The van der Waals surface area contributed by atoms with Crippen LogP contribution >= 0.6 is 0 Å². The molecule has 0 bridgehead atoms. The number of rotatable bonds is 4. The third-order valence-corrected chi connectivity index (χ3v) is 2.58. The second-order valence-electron chi connectivity index (χ2n) is 3.83. The zero-order valence-corrected chi connectivity index (χ0v) is 9.66. The predicted molar refractivity (Wildman–Crippen MR) is 64.2 cm³/mol. The van der Waals surface area contributed by atoms with Gasteiger partial charge in [0.25, 0.3) is 5.91 Å². The van der Waals surface area contributed by atoms with Crippen molar-refractivity contribution in [2.24, 2.45) is 0 Å². The Morgan fingerprint density at radius 2 is 2.25 bits per heavy atom. The van der Waals surface area contributed by atoms with E-state index in [1.807, 2.05) is 13.8 Å². The van der Waals surface area contributed by atoms with E-state index < -0.39 is 0 Å². The van der Waals surface area contributed by atoms with E-state index in [2.05, 4.69) is 5.32 Å². The molecule has 4 N–H and O–H groups in total. The van der Waals surface area contributed by atoms with Gasteiger partial charge in [0.2, 0.25) is 0 Å². The molecule has 0 aliphatic carbocycles. The summed E-state index contributed by atoms with van der Waals surface area (Å²) in [5.41, 5.74) is 7.79. The van der Waals surface area contributed by atoms with Crippen LogP contribution in [-0.2, 0) is 0 Å². The maximum Gasteiger partial charge on any atom is 0.251 e. The van der Waals surface area contributed by atoms with Gasteiger partial charge in [0, 0.05) is 11.3 Å². The van der Waals surface area contributed by atoms with E-state index >= 15 is 0 Å². The van der Waals surface area contributed by atoms with Crippen molar-refractivity contribution in [3.63, 3.8) is 0 Å². The Labute approximate surface area is 95.5 Å². The first-order valence-corrected chi connectivity index (χ1v) is 5.36. The first-order chi connectivity index (χ1) is 7.58. The Kier molecular flexibility index (Phi) is 4.31. The molecule has 0 saturated carbocycles. The van der Waals surface area contributed by atoms with Gasteiger partial charge in [-0.3, -0.25) is 4.79 Å². The van der Waals surface area contributed by atoms with Crippen LogP contribution in [0.4, 0.5) is 5.69 Å². The lowest BCUT2D eigenvalue weighted by Gasteiger charge is -2.14. The summed E-state index contributed by atoms with van der Waals surface area (Å²) in [6.07, 6.45) is 0.705. The normalized spacial score (nSPS) is 12.2. The molecule has 0 saturated heterocycles. The summed E-state index contributed by atoms with van der Waals surface area (Å²) in [6, 6.07) is 4.95. The Hall–Kier alpha value is -1.55. The predicted octanol–water partition coefficient (Wildman–Crippen LogP) is 1.08. The zero-order valence-electron chi connectivity index (χ0n) is 9.66. The van der Waals surface area contributed by atoms with Crippen molar-refractivity contribution < 1.29 is 9.90 Å². The monoisotopic (exact) mass is 222 g/mol. The SMILES string of the molecule is CC[C@H](CO)NC(=O)c1ccc(N)c(C)c1. The van der Waals surface area contributed by atoms with Gasteiger partial charge >= 0.3 is 0 Å². The molecular weight excluding hydrogens is 204 g/mol. The molecule has 0 unspecified atom stereocenters. The summed E-state index contributed by atoms with van der Waals surface area (Å²) in [6.45, 7) is 3.72. The number of anilines is 1. The first kappa shape index (κ1) is 12.5. The summed E-state index contributed by atoms with van der Waals surface area (Å²) in [5.74, 6) is -0.177. The van der Waals surface area contributed by atoms with Crippen molar-refractivity contribution in [2.75, 3.05) is 12.3 Å². The highest BCUT2D eigenvalue weighted by atomic mass is 16.3. The largest absolute Gasteiger partial charge is 0.399 e. The van der Waals surface area contributed by atoms with E-state index in [4.69, 9.17) is 10.8 Å². The number of aliphatic hydroxyl groups excluding tert-OH is 1. The Morgan fingerprint density at radius 3 is 2.75 bits per heavy atom. The number of nitrogen functional groups attached to an aromatic ring is 1. The molecule has 0 radical (unpaired) electrons. The Balaban J connectivity index is 2.76. The van der Waals surface area contributed by atoms with E-state index in [9.17, 15) is 4.79 Å². The minimum Gasteiger partial charge on any atom is -0.399 e. The number of aliphatic hydroxyl groups is 1. The van der Waals surface area contributed by atoms with Gasteiger partial charge in [-0.2, -0.15) is 0 Å². The van der Waals surface area contributed by atoms with Gasteiger partial charge in [0.1, 0.15) is 0 Å². The number of nitrogens with one attached hydrogen (secondary N) is 1. The number of hydrogen-bond acceptors (Lipinski definition) is 3. The number of nitrogens with two attached hydrogens (primary N) is 1. The molecule has 1 aromatic carbocycles. The molecule has 1 amide bonds. The molecule has 0 fully saturated rings. The van der Waals surface area contributed by atoms with Crippen LogP contribution in [0.15, 0.2) is 18.2 Å². The third kappa shape index (κ3) is 2.97. The van der Waals surface area contributed by atoms with Gasteiger partial charge in [-0.25, -0.2) is 0 Å². The van der Waals surface area contributed by atoms with Gasteiger partial charge in [-0.1, -0.05) is 6.92 Å². The highest BCUT2D eigenvalue weighted by Crippen LogP contribution is 2.12. The molecule has 0 heterocycles. The average Bonchev–Trinajstić information content (AvgIpc) is 2.29. The molecule has 0 aliphatic heterocycles. The minimum atomic E-state index is -0.189. The zero-order chi connectivity index (χ0) is 12.1. The maximum atomic E-state index is 11.8. The minimum absolute atomic E-state index is 0.0454. The van der Waals surface area contributed by atoms with Crippen LogP contribution in [0.25, 0.3) is 0 Å². The third-order valence-electron chi connectivity index (χ3n) is 2.58. The molecule has 0 spiro atoms. The smallest absolute Gasteiger partial charge is 0.251 e. The van der Waals surface area contributed by atoms with Crippen molar-refractivity contribution in [3.8, 4) is 0 Å². The molecular formula is C12H18N2O2. The van der Waals surface area contributed by atoms with Crippen LogP contribution in [0.2, 0.25) is 0 Å². The average molecular weight is 222 g/mol. The number of carbonyl (C=O) groups is 1. The fourth-order valence-corrected chi connectivity index (χ4v) is 1.36. The molecule has 88 valence electrons. The van der Waals surface area contributed by atoms with Crippen molar-refractivity contribution >= 4 is 11.6 Å². The number of hydrogen-bond donors (Lipinski definition) is 3. The Bertz CT molecular complexity index is 373. The van der Waals surface area contributed by atoms with Gasteiger partial charge < -0.3 is 16.2 Å². The molecule has 0 aliphatic rings. The van der Waals surface area contributed by atoms with E-state index in [1.165, 1.54) is 0 Å². The van der Waals surface area contributed by atoms with Crippen LogP contribution in [0, 0.1) is 6.92 Å². The van der Waals surface area contributed by atoms with Crippen LogP contribution < -0.4 is 11.1 Å². The molecule has 1 aromatic rings. The van der Waals surface area contributed by atoms with Crippen molar-refractivity contribution in [2.45, 2.75) is 26.3 Å². The van der Waals surface area contributed by atoms with Crippen molar-refractivity contribution in [1.82, 2.24) is 5.32 Å². The molecule has 0 aromatic heterocycles. The molecule has 1 atom stereocenters. The van der Waals surface area contributed by atoms with E-state index in [0.717, 1.165) is 5.56 Å². The van der Waals surface area contributed by atoms with Crippen molar-refractivity contribution in [3.05, 3.63) is 29.3 Å². The lowest BCUT2D eigenvalue weighted by molar-refractivity contribution is 0.0915. The highest BCUT2D eigenvalue weighted by molar-refractivity contribution is 5.95. The van der Waals surface area contributed by atoms with Gasteiger partial charge in [0.05, 0.1) is 12.6 Å². The molecule has 4 heteroatoms. The summed E-state index contributed by atoms with van der Waals surface area (Å²) in [7, 11) is 0. The van der Waals surface area contributed by atoms with Gasteiger partial charge in [0.15, 0.2) is 0 Å². The number of amides is 1. The van der Waals surface area contributed by atoms with E-state index in [0.29, 0.717) is 17.7 Å². The van der Waals surface area contributed by atoms with Crippen LogP contribution in [-0.4, -0.2) is 23.7 Å². The lowest BCUT2D eigenvalue weighted by Crippen LogP contribution is -2.36. The second-order valence-corrected chi connectivity index (χ2v) is 3.83. The first-order valence-electron chi connectivity index (χ1n) is 5.36. The fourth-order valence-electron chi connectivity index (χ4n) is 1.36. The maximum absolute atomic E-state index is 11.8. The summed E-state index contributed by atoms with van der Waals surface area (Å²) < 4.78 is 0. The topological polar surface area (TPSA) is 75.3 Å². The summed E-state index contributed by atoms with van der Waals surface area (Å²) in [4.78, 5) is 11.8. The standard InChI is InChI=1S/C12H18N2O2/c1-3-10(7-15)14-12(16)9-4-5-11(13)8(2)6-9/h4-6,10,15H,3,7,13H2,1-2H3,(H,14,16)/t10-/m1/s1. The number of carbonyl (C=O) groups excluding carboxylic acids is 1. The van der Waals surface area contributed by atoms with E-state index in [1.54, 1.807) is 18.2 Å². The lowest BCUT2D eigenvalue weighted by atomic mass is 10.1. The Morgan fingerprint density at radius 1 is 1.56 bits per heavy atom. The van der Waals surface area contributed by atoms with Crippen LogP contribution in [0.3, 0.4) is 0 Å². The van der Waals surface area contributed by atoms with Crippen molar-refractivity contribution in [1.29, 1.82) is 0 Å². The molecule has 4 nitrogen and oxygen atoms in total. The number of benzene rings is 1.